The Morgan fingerprint density at radius 2 is 1.83 bits per heavy atom. The zero-order chi connectivity index (χ0) is 17.9. The lowest BCUT2D eigenvalue weighted by molar-refractivity contribution is -0.123. The van der Waals surface area contributed by atoms with E-state index >= 15 is 0 Å². The molecular weight excluding hydrogens is 320 g/mol. The summed E-state index contributed by atoms with van der Waals surface area (Å²) in [5.41, 5.74) is 2.34. The van der Waals surface area contributed by atoms with Crippen molar-refractivity contribution in [3.05, 3.63) is 46.3 Å². The van der Waals surface area contributed by atoms with Crippen molar-refractivity contribution in [1.29, 1.82) is 0 Å². The summed E-state index contributed by atoms with van der Waals surface area (Å²) in [5, 5.41) is 6.50. The molecule has 1 aromatic heterocycles. The number of thiophene rings is 1. The van der Waals surface area contributed by atoms with Crippen LogP contribution < -0.4 is 10.6 Å². The maximum atomic E-state index is 12.5. The van der Waals surface area contributed by atoms with Crippen molar-refractivity contribution in [3.8, 4) is 0 Å². The van der Waals surface area contributed by atoms with E-state index in [1.54, 1.807) is 0 Å². The van der Waals surface area contributed by atoms with Gasteiger partial charge in [-0.3, -0.25) is 9.59 Å². The fourth-order valence-corrected chi connectivity index (χ4v) is 3.09. The minimum Gasteiger partial charge on any atom is -0.321 e. The lowest BCUT2D eigenvalue weighted by Crippen LogP contribution is -2.27. The van der Waals surface area contributed by atoms with Gasteiger partial charge >= 0.3 is 0 Å². The van der Waals surface area contributed by atoms with Gasteiger partial charge in [-0.1, -0.05) is 39.8 Å². The Hall–Kier alpha value is -2.14. The van der Waals surface area contributed by atoms with Crippen LogP contribution in [-0.2, 0) is 11.2 Å². The molecule has 4 nitrogen and oxygen atoms in total. The van der Waals surface area contributed by atoms with Crippen LogP contribution in [0.3, 0.4) is 0 Å². The highest BCUT2D eigenvalue weighted by atomic mass is 32.1. The average molecular weight is 344 g/mol. The van der Waals surface area contributed by atoms with Crippen LogP contribution in [0.25, 0.3) is 0 Å². The normalized spacial score (nSPS) is 11.2. The minimum atomic E-state index is -0.471. The maximum absolute atomic E-state index is 12.5. The molecule has 2 aromatic rings. The van der Waals surface area contributed by atoms with Crippen molar-refractivity contribution in [2.45, 2.75) is 41.0 Å². The molecule has 0 aliphatic carbocycles. The van der Waals surface area contributed by atoms with E-state index in [2.05, 4.69) is 17.6 Å². The zero-order valence-corrected chi connectivity index (χ0v) is 15.6. The Morgan fingerprint density at radius 3 is 2.46 bits per heavy atom. The van der Waals surface area contributed by atoms with E-state index in [0.29, 0.717) is 9.88 Å². The van der Waals surface area contributed by atoms with Gasteiger partial charge in [0, 0.05) is 11.1 Å². The summed E-state index contributed by atoms with van der Waals surface area (Å²) in [6, 6.07) is 9.66. The maximum Gasteiger partial charge on any atom is 0.266 e. The van der Waals surface area contributed by atoms with E-state index in [9.17, 15) is 9.59 Å². The van der Waals surface area contributed by atoms with E-state index in [0.717, 1.165) is 17.7 Å². The topological polar surface area (TPSA) is 58.2 Å². The highest BCUT2D eigenvalue weighted by molar-refractivity contribution is 7.18. The predicted octanol–water partition coefficient (Wildman–Crippen LogP) is 4.86. The van der Waals surface area contributed by atoms with E-state index in [1.165, 1.54) is 16.9 Å². The Balaban J connectivity index is 2.14. The van der Waals surface area contributed by atoms with Crippen molar-refractivity contribution in [2.75, 3.05) is 10.6 Å². The molecule has 0 saturated heterocycles. The van der Waals surface area contributed by atoms with Gasteiger partial charge in [0.15, 0.2) is 0 Å². The third-order valence-corrected chi connectivity index (χ3v) is 4.79. The number of aryl methyl sites for hydroxylation is 2. The molecule has 1 heterocycles. The Kier molecular flexibility index (Phi) is 5.44. The van der Waals surface area contributed by atoms with Gasteiger partial charge in [-0.25, -0.2) is 0 Å². The molecule has 0 unspecified atom stereocenters. The molecule has 0 aliphatic rings. The first-order chi connectivity index (χ1) is 11.2. The number of anilines is 2. The largest absolute Gasteiger partial charge is 0.321 e. The van der Waals surface area contributed by atoms with E-state index in [-0.39, 0.29) is 11.8 Å². The van der Waals surface area contributed by atoms with Gasteiger partial charge in [0.2, 0.25) is 5.91 Å². The first-order valence-electron chi connectivity index (χ1n) is 8.03. The van der Waals surface area contributed by atoms with Gasteiger partial charge in [0.05, 0.1) is 9.88 Å². The molecule has 0 atom stereocenters. The monoisotopic (exact) mass is 344 g/mol. The van der Waals surface area contributed by atoms with Crippen LogP contribution in [0.4, 0.5) is 10.7 Å². The van der Waals surface area contributed by atoms with Crippen LogP contribution >= 0.6 is 11.3 Å². The summed E-state index contributed by atoms with van der Waals surface area (Å²) in [4.78, 5) is 25.2. The summed E-state index contributed by atoms with van der Waals surface area (Å²) >= 11 is 1.30. The number of benzene rings is 1. The van der Waals surface area contributed by atoms with E-state index in [4.69, 9.17) is 0 Å². The van der Waals surface area contributed by atoms with Crippen molar-refractivity contribution in [1.82, 2.24) is 0 Å². The SMILES string of the molecule is CCc1cccc(NC(=O)c2sc(NC(=O)C(C)(C)C)cc2C)c1. The molecule has 0 spiro atoms. The highest BCUT2D eigenvalue weighted by Crippen LogP contribution is 2.29. The third-order valence-electron chi connectivity index (χ3n) is 3.64. The van der Waals surface area contributed by atoms with Crippen LogP contribution in [-0.4, -0.2) is 11.8 Å². The van der Waals surface area contributed by atoms with Crippen LogP contribution in [0.1, 0.15) is 48.5 Å². The van der Waals surface area contributed by atoms with Crippen LogP contribution in [0.5, 0.6) is 0 Å². The fourth-order valence-electron chi connectivity index (χ4n) is 2.13. The summed E-state index contributed by atoms with van der Waals surface area (Å²) < 4.78 is 0. The molecular formula is C19H24N2O2S. The smallest absolute Gasteiger partial charge is 0.266 e. The predicted molar refractivity (Wildman–Crippen MR) is 101 cm³/mol. The first kappa shape index (κ1) is 18.2. The van der Waals surface area contributed by atoms with Crippen LogP contribution in [0.2, 0.25) is 0 Å². The molecule has 0 aliphatic heterocycles. The first-order valence-corrected chi connectivity index (χ1v) is 8.84. The van der Waals surface area contributed by atoms with Gasteiger partial charge < -0.3 is 10.6 Å². The fraction of sp³-hybridized carbons (Fsp3) is 0.368. The van der Waals surface area contributed by atoms with Crippen molar-refractivity contribution < 1.29 is 9.59 Å². The zero-order valence-electron chi connectivity index (χ0n) is 14.8. The minimum absolute atomic E-state index is 0.0636. The molecule has 5 heteroatoms. The second-order valence-corrected chi connectivity index (χ2v) is 7.89. The van der Waals surface area contributed by atoms with Gasteiger partial charge in [-0.15, -0.1) is 11.3 Å². The molecule has 1 aromatic carbocycles. The summed E-state index contributed by atoms with van der Waals surface area (Å²) in [5.74, 6) is -0.214. The summed E-state index contributed by atoms with van der Waals surface area (Å²) in [7, 11) is 0. The van der Waals surface area contributed by atoms with Gasteiger partial charge in [-0.05, 0) is 42.7 Å². The number of hydrogen-bond acceptors (Lipinski definition) is 3. The van der Waals surface area contributed by atoms with Gasteiger partial charge in [-0.2, -0.15) is 0 Å². The van der Waals surface area contributed by atoms with Gasteiger partial charge in [0.25, 0.3) is 5.91 Å². The number of rotatable bonds is 4. The standard InChI is InChI=1S/C19H24N2O2S/c1-6-13-8-7-9-14(11-13)20-17(22)16-12(2)10-15(24-16)21-18(23)19(3,4)5/h7-11H,6H2,1-5H3,(H,20,22)(H,21,23). The Labute approximate surface area is 147 Å². The van der Waals surface area contributed by atoms with E-state index in [1.807, 2.05) is 58.0 Å². The van der Waals surface area contributed by atoms with Crippen LogP contribution in [0.15, 0.2) is 30.3 Å². The Morgan fingerprint density at radius 1 is 1.12 bits per heavy atom. The Bertz CT molecular complexity index is 757. The van der Waals surface area contributed by atoms with E-state index < -0.39 is 5.41 Å². The lowest BCUT2D eigenvalue weighted by atomic mass is 9.96. The number of nitrogens with one attached hydrogen (secondary N) is 2. The molecule has 128 valence electrons. The molecule has 0 fully saturated rings. The van der Waals surface area contributed by atoms with Crippen LogP contribution in [0, 0.1) is 12.3 Å². The van der Waals surface area contributed by atoms with Crippen molar-refractivity contribution in [3.63, 3.8) is 0 Å². The second kappa shape index (κ2) is 7.18. The third kappa shape index (κ3) is 4.45. The molecule has 0 radical (unpaired) electrons. The quantitative estimate of drug-likeness (QED) is 0.832. The highest BCUT2D eigenvalue weighted by Gasteiger charge is 2.23. The molecule has 0 saturated carbocycles. The molecule has 24 heavy (non-hydrogen) atoms. The number of carbonyl (C=O) groups excluding carboxylic acids is 2. The summed E-state index contributed by atoms with van der Waals surface area (Å²) in [6.45, 7) is 9.53. The molecule has 2 rings (SSSR count). The second-order valence-electron chi connectivity index (χ2n) is 6.83. The summed E-state index contributed by atoms with van der Waals surface area (Å²) in [6.07, 6.45) is 0.921. The average Bonchev–Trinajstić information content (AvgIpc) is 2.87. The van der Waals surface area contributed by atoms with Gasteiger partial charge in [0.1, 0.15) is 0 Å². The molecule has 2 N–H and O–H groups in total. The number of hydrogen-bond donors (Lipinski definition) is 2. The van der Waals surface area contributed by atoms with Crippen molar-refractivity contribution >= 4 is 33.8 Å². The van der Waals surface area contributed by atoms with Crippen molar-refractivity contribution in [2.24, 2.45) is 5.41 Å². The molecule has 0 bridgehead atoms. The number of carbonyl (C=O) groups is 2. The molecule has 2 amide bonds. The number of amides is 2. The lowest BCUT2D eigenvalue weighted by Gasteiger charge is -2.16.